The summed E-state index contributed by atoms with van der Waals surface area (Å²) in [5.41, 5.74) is 1.61. The molecular formula is C21H20O6. The van der Waals surface area contributed by atoms with E-state index in [0.717, 1.165) is 6.07 Å². The lowest BCUT2D eigenvalue weighted by Crippen LogP contribution is -2.04. The third-order valence-corrected chi connectivity index (χ3v) is 3.64. The van der Waals surface area contributed by atoms with Crippen LogP contribution in [0.15, 0.2) is 42.5 Å². The molecule has 0 saturated carbocycles. The summed E-state index contributed by atoms with van der Waals surface area (Å²) >= 11 is 0. The molecule has 6 nitrogen and oxygen atoms in total. The molecule has 2 aromatic rings. The van der Waals surface area contributed by atoms with Crippen LogP contribution in [0, 0.1) is 11.8 Å². The van der Waals surface area contributed by atoms with E-state index in [1.165, 1.54) is 12.1 Å². The topological polar surface area (TPSA) is 93.1 Å². The Bertz CT molecular complexity index is 843. The summed E-state index contributed by atoms with van der Waals surface area (Å²) in [6.45, 7) is 3.74. The summed E-state index contributed by atoms with van der Waals surface area (Å²) in [6, 6.07) is 11.2. The van der Waals surface area contributed by atoms with Gasteiger partial charge < -0.3 is 19.7 Å². The van der Waals surface area contributed by atoms with Crippen LogP contribution in [0.4, 0.5) is 0 Å². The van der Waals surface area contributed by atoms with Crippen molar-refractivity contribution in [3.63, 3.8) is 0 Å². The largest absolute Gasteiger partial charge is 0.478 e. The van der Waals surface area contributed by atoms with Gasteiger partial charge in [0.25, 0.3) is 0 Å². The Morgan fingerprint density at radius 2 is 1.59 bits per heavy atom. The molecule has 0 radical (unpaired) electrons. The molecule has 2 N–H and O–H groups in total. The molecule has 0 atom stereocenters. The minimum Gasteiger partial charge on any atom is -0.478 e. The third kappa shape index (κ3) is 5.96. The number of carboxylic acid groups (broad SMARTS) is 2. The van der Waals surface area contributed by atoms with Gasteiger partial charge in [0.2, 0.25) is 0 Å². The average Bonchev–Trinajstić information content (AvgIpc) is 2.67. The van der Waals surface area contributed by atoms with Crippen molar-refractivity contribution in [1.82, 2.24) is 0 Å². The second-order valence-electron chi connectivity index (χ2n) is 5.51. The first-order chi connectivity index (χ1) is 13.0. The van der Waals surface area contributed by atoms with Gasteiger partial charge in [-0.15, -0.1) is 0 Å². The highest BCUT2D eigenvalue weighted by Gasteiger charge is 2.13. The molecule has 6 heteroatoms. The van der Waals surface area contributed by atoms with Gasteiger partial charge in [-0.1, -0.05) is 30.0 Å². The lowest BCUT2D eigenvalue weighted by atomic mass is 9.96. The highest BCUT2D eigenvalue weighted by atomic mass is 16.5. The second-order valence-corrected chi connectivity index (χ2v) is 5.51. The third-order valence-electron chi connectivity index (χ3n) is 3.64. The van der Waals surface area contributed by atoms with Gasteiger partial charge >= 0.3 is 11.9 Å². The molecule has 0 aliphatic rings. The van der Waals surface area contributed by atoms with Crippen molar-refractivity contribution < 1.29 is 29.3 Å². The molecule has 0 fully saturated rings. The average molecular weight is 368 g/mol. The Labute approximate surface area is 157 Å². The minimum absolute atomic E-state index is 0.0908. The van der Waals surface area contributed by atoms with E-state index in [4.69, 9.17) is 9.47 Å². The Balaban J connectivity index is 2.28. The zero-order valence-electron chi connectivity index (χ0n) is 14.9. The van der Waals surface area contributed by atoms with Gasteiger partial charge in [-0.3, -0.25) is 0 Å². The molecule has 0 bridgehead atoms. The van der Waals surface area contributed by atoms with Crippen LogP contribution in [0.2, 0.25) is 0 Å². The number of rotatable bonds is 8. The van der Waals surface area contributed by atoms with Gasteiger partial charge in [-0.05, 0) is 42.3 Å². The molecule has 2 aromatic carbocycles. The first-order valence-corrected chi connectivity index (χ1v) is 8.38. The number of aromatic carboxylic acids is 2. The summed E-state index contributed by atoms with van der Waals surface area (Å²) in [5, 5.41) is 18.5. The molecular weight excluding hydrogens is 348 g/mol. The molecule has 27 heavy (non-hydrogen) atoms. The van der Waals surface area contributed by atoms with E-state index < -0.39 is 11.9 Å². The van der Waals surface area contributed by atoms with Crippen molar-refractivity contribution in [2.75, 3.05) is 26.4 Å². The minimum atomic E-state index is -1.19. The predicted octanol–water partition coefficient (Wildman–Crippen LogP) is 3.15. The number of carboxylic acids is 2. The van der Waals surface area contributed by atoms with Crippen LogP contribution in [0.5, 0.6) is 0 Å². The van der Waals surface area contributed by atoms with Crippen LogP contribution in [0.3, 0.4) is 0 Å². The highest BCUT2D eigenvalue weighted by molar-refractivity contribution is 5.96. The number of benzene rings is 2. The van der Waals surface area contributed by atoms with Crippen molar-refractivity contribution in [2.45, 2.75) is 6.92 Å². The first kappa shape index (κ1) is 20.2. The van der Waals surface area contributed by atoms with Gasteiger partial charge in [-0.25, -0.2) is 9.59 Å². The molecule has 0 spiro atoms. The standard InChI is InChI=1S/C21H20O6/c1-2-26-10-11-27-9-5-7-15-6-3-4-8-19(15)16-12-17(20(22)23)14-18(13-16)21(24)25/h3-4,6,8,12-14H,2,9-11H2,1H3,(H,22,23)(H,24,25). The molecule has 0 saturated heterocycles. The lowest BCUT2D eigenvalue weighted by Gasteiger charge is -2.08. The highest BCUT2D eigenvalue weighted by Crippen LogP contribution is 2.26. The van der Waals surface area contributed by atoms with E-state index in [-0.39, 0.29) is 17.7 Å². The Morgan fingerprint density at radius 3 is 2.22 bits per heavy atom. The number of ether oxygens (including phenoxy) is 2. The Hall–Kier alpha value is -3.14. The van der Waals surface area contributed by atoms with Crippen LogP contribution in [-0.2, 0) is 9.47 Å². The molecule has 0 aliphatic carbocycles. The molecule has 0 amide bonds. The molecule has 0 aromatic heterocycles. The number of hydrogen-bond donors (Lipinski definition) is 2. The van der Waals surface area contributed by atoms with Crippen molar-refractivity contribution in [3.05, 3.63) is 59.2 Å². The predicted molar refractivity (Wildman–Crippen MR) is 100.0 cm³/mol. The number of carbonyl (C=O) groups is 2. The van der Waals surface area contributed by atoms with Crippen molar-refractivity contribution >= 4 is 11.9 Å². The van der Waals surface area contributed by atoms with E-state index in [1.54, 1.807) is 18.2 Å². The Morgan fingerprint density at radius 1 is 0.963 bits per heavy atom. The molecule has 0 heterocycles. The van der Waals surface area contributed by atoms with Gasteiger partial charge in [-0.2, -0.15) is 0 Å². The molecule has 140 valence electrons. The van der Waals surface area contributed by atoms with Crippen molar-refractivity contribution in [2.24, 2.45) is 0 Å². The van der Waals surface area contributed by atoms with Crippen LogP contribution < -0.4 is 0 Å². The Kier molecular flexibility index (Phi) is 7.56. The summed E-state index contributed by atoms with van der Waals surface area (Å²) < 4.78 is 10.5. The van der Waals surface area contributed by atoms with Crippen LogP contribution in [0.25, 0.3) is 11.1 Å². The van der Waals surface area contributed by atoms with E-state index in [2.05, 4.69) is 11.8 Å². The maximum atomic E-state index is 11.3. The fourth-order valence-corrected chi connectivity index (χ4v) is 2.39. The van der Waals surface area contributed by atoms with Crippen LogP contribution in [0.1, 0.15) is 33.2 Å². The maximum Gasteiger partial charge on any atom is 0.335 e. The summed E-state index contributed by atoms with van der Waals surface area (Å²) in [6.07, 6.45) is 0. The quantitative estimate of drug-likeness (QED) is 0.549. The normalized spacial score (nSPS) is 10.1. The molecule has 0 unspecified atom stereocenters. The van der Waals surface area contributed by atoms with Gasteiger partial charge in [0.1, 0.15) is 6.61 Å². The van der Waals surface area contributed by atoms with E-state index in [9.17, 15) is 19.8 Å². The lowest BCUT2D eigenvalue weighted by molar-refractivity contribution is 0.0662. The van der Waals surface area contributed by atoms with Gasteiger partial charge in [0.15, 0.2) is 0 Å². The smallest absolute Gasteiger partial charge is 0.335 e. The molecule has 0 aliphatic heterocycles. The van der Waals surface area contributed by atoms with Crippen LogP contribution >= 0.6 is 0 Å². The fraction of sp³-hybridized carbons (Fsp3) is 0.238. The SMILES string of the molecule is CCOCCOCC#Cc1ccccc1-c1cc(C(=O)O)cc(C(=O)O)c1. The fourth-order valence-electron chi connectivity index (χ4n) is 2.39. The second kappa shape index (κ2) is 10.1. The summed E-state index contributed by atoms with van der Waals surface area (Å²) in [5.74, 6) is 3.51. The zero-order chi connectivity index (χ0) is 19.6. The van der Waals surface area contributed by atoms with E-state index in [0.29, 0.717) is 36.5 Å². The first-order valence-electron chi connectivity index (χ1n) is 8.38. The zero-order valence-corrected chi connectivity index (χ0v) is 14.9. The van der Waals surface area contributed by atoms with E-state index in [1.807, 2.05) is 13.0 Å². The van der Waals surface area contributed by atoms with E-state index >= 15 is 0 Å². The van der Waals surface area contributed by atoms with Crippen LogP contribution in [-0.4, -0.2) is 48.6 Å². The molecule has 2 rings (SSSR count). The van der Waals surface area contributed by atoms with Crippen molar-refractivity contribution in [3.8, 4) is 23.0 Å². The number of hydrogen-bond acceptors (Lipinski definition) is 4. The summed E-state index contributed by atoms with van der Waals surface area (Å²) in [4.78, 5) is 22.6. The maximum absolute atomic E-state index is 11.3. The van der Waals surface area contributed by atoms with Gasteiger partial charge in [0, 0.05) is 12.2 Å². The monoisotopic (exact) mass is 368 g/mol. The summed E-state index contributed by atoms with van der Waals surface area (Å²) in [7, 11) is 0. The van der Waals surface area contributed by atoms with Gasteiger partial charge in [0.05, 0.1) is 24.3 Å². The van der Waals surface area contributed by atoms with Crippen molar-refractivity contribution in [1.29, 1.82) is 0 Å².